The lowest BCUT2D eigenvalue weighted by Crippen LogP contribution is -2.53. The van der Waals surface area contributed by atoms with Gasteiger partial charge in [0, 0.05) is 18.6 Å². The highest BCUT2D eigenvalue weighted by Gasteiger charge is 2.35. The number of hydrogen-bond acceptors (Lipinski definition) is 3. The highest BCUT2D eigenvalue weighted by molar-refractivity contribution is 5.68. The fraction of sp³-hybridized carbons (Fsp3) is 0.900. The van der Waals surface area contributed by atoms with E-state index in [9.17, 15) is 14.7 Å². The van der Waals surface area contributed by atoms with Crippen LogP contribution >= 0.6 is 0 Å². The molecule has 0 aliphatic heterocycles. The molecule has 0 saturated heterocycles. The summed E-state index contributed by atoms with van der Waals surface area (Å²) in [6, 6.07) is -0.305. The number of nitrogens with zero attached hydrogens (tertiary/aromatic N) is 2. The third-order valence-electron chi connectivity index (χ3n) is 5.19. The Bertz CT molecular complexity index is 467. The van der Waals surface area contributed by atoms with Gasteiger partial charge >= 0.3 is 12.2 Å². The summed E-state index contributed by atoms with van der Waals surface area (Å²) in [5, 5.41) is 9.68. The van der Waals surface area contributed by atoms with Crippen molar-refractivity contribution in [1.82, 2.24) is 9.80 Å². The lowest BCUT2D eigenvalue weighted by molar-refractivity contribution is 0.0248. The van der Waals surface area contributed by atoms with Gasteiger partial charge in [-0.25, -0.2) is 9.59 Å². The molecule has 1 atom stereocenters. The molecular formula is C20H36N2O4. The molecular weight excluding hydrogens is 332 g/mol. The summed E-state index contributed by atoms with van der Waals surface area (Å²) in [6.45, 7) is 9.44. The van der Waals surface area contributed by atoms with Gasteiger partial charge in [-0.05, 0) is 64.7 Å². The third kappa shape index (κ3) is 6.69. The first kappa shape index (κ1) is 20.8. The molecule has 26 heavy (non-hydrogen) atoms. The standard InChI is InChI=1S/C20H36N2O4/c1-5-6-7-17(22(18(23)24)20(2,3)4)14-26-19(25)21(12-15-8-9-15)13-16-10-11-16/h15-17H,5-14H2,1-4H3,(H,23,24)/t17-/m0/s1. The lowest BCUT2D eigenvalue weighted by Gasteiger charge is -2.39. The van der Waals surface area contributed by atoms with Gasteiger partial charge in [0.2, 0.25) is 0 Å². The van der Waals surface area contributed by atoms with Gasteiger partial charge in [0.25, 0.3) is 0 Å². The number of unbranched alkanes of at least 4 members (excludes halogenated alkanes) is 1. The third-order valence-corrected chi connectivity index (χ3v) is 5.19. The van der Waals surface area contributed by atoms with E-state index in [1.54, 1.807) is 0 Å². The van der Waals surface area contributed by atoms with Crippen molar-refractivity contribution in [2.75, 3.05) is 19.7 Å². The molecule has 0 heterocycles. The molecule has 2 aliphatic carbocycles. The van der Waals surface area contributed by atoms with Crippen LogP contribution in [0.4, 0.5) is 9.59 Å². The molecule has 1 N–H and O–H groups in total. The zero-order chi connectivity index (χ0) is 19.3. The number of carbonyl (C=O) groups excluding carboxylic acids is 1. The van der Waals surface area contributed by atoms with Gasteiger partial charge in [-0.1, -0.05) is 19.8 Å². The van der Waals surface area contributed by atoms with Crippen LogP contribution in [0.5, 0.6) is 0 Å². The average molecular weight is 369 g/mol. The first-order valence-corrected chi connectivity index (χ1v) is 10.2. The second kappa shape index (κ2) is 8.96. The Morgan fingerprint density at radius 2 is 1.65 bits per heavy atom. The smallest absolute Gasteiger partial charge is 0.409 e. The maximum Gasteiger partial charge on any atom is 0.409 e. The van der Waals surface area contributed by atoms with Crippen molar-refractivity contribution in [1.29, 1.82) is 0 Å². The first-order chi connectivity index (χ1) is 12.2. The van der Waals surface area contributed by atoms with Gasteiger partial charge in [0.15, 0.2) is 0 Å². The van der Waals surface area contributed by atoms with Crippen LogP contribution in [-0.2, 0) is 4.74 Å². The Balaban J connectivity index is 1.96. The van der Waals surface area contributed by atoms with Crippen LogP contribution in [0.2, 0.25) is 0 Å². The van der Waals surface area contributed by atoms with Crippen LogP contribution < -0.4 is 0 Å². The minimum Gasteiger partial charge on any atom is -0.465 e. The summed E-state index contributed by atoms with van der Waals surface area (Å²) in [6.07, 6.45) is 6.17. The molecule has 2 saturated carbocycles. The molecule has 6 nitrogen and oxygen atoms in total. The molecule has 2 rings (SSSR count). The highest BCUT2D eigenvalue weighted by atomic mass is 16.6. The molecule has 6 heteroatoms. The number of hydrogen-bond donors (Lipinski definition) is 1. The van der Waals surface area contributed by atoms with E-state index in [1.165, 1.54) is 30.6 Å². The number of amides is 2. The van der Waals surface area contributed by atoms with Crippen molar-refractivity contribution in [2.24, 2.45) is 11.8 Å². The molecule has 150 valence electrons. The normalized spacial score (nSPS) is 18.3. The van der Waals surface area contributed by atoms with Crippen LogP contribution in [0.25, 0.3) is 0 Å². The summed E-state index contributed by atoms with van der Waals surface area (Å²) in [4.78, 5) is 27.7. The van der Waals surface area contributed by atoms with Crippen molar-refractivity contribution in [3.63, 3.8) is 0 Å². The summed E-state index contributed by atoms with van der Waals surface area (Å²) < 4.78 is 5.63. The van der Waals surface area contributed by atoms with Crippen molar-refractivity contribution < 1.29 is 19.4 Å². The highest BCUT2D eigenvalue weighted by Crippen LogP contribution is 2.34. The van der Waals surface area contributed by atoms with Gasteiger partial charge in [0.05, 0.1) is 6.04 Å². The fourth-order valence-electron chi connectivity index (χ4n) is 3.42. The van der Waals surface area contributed by atoms with Gasteiger partial charge < -0.3 is 14.7 Å². The minimum absolute atomic E-state index is 0.133. The van der Waals surface area contributed by atoms with E-state index in [0.29, 0.717) is 18.3 Å². The fourth-order valence-corrected chi connectivity index (χ4v) is 3.42. The van der Waals surface area contributed by atoms with Gasteiger partial charge in [-0.3, -0.25) is 4.90 Å². The number of carboxylic acid groups (broad SMARTS) is 1. The van der Waals surface area contributed by atoms with Crippen LogP contribution in [0.1, 0.15) is 72.6 Å². The van der Waals surface area contributed by atoms with Crippen LogP contribution in [0, 0.1) is 11.8 Å². The van der Waals surface area contributed by atoms with Gasteiger partial charge in [0.1, 0.15) is 6.61 Å². The monoisotopic (exact) mass is 368 g/mol. The predicted octanol–water partition coefficient (Wildman–Crippen LogP) is 4.58. The zero-order valence-electron chi connectivity index (χ0n) is 16.9. The molecule has 0 aromatic rings. The van der Waals surface area contributed by atoms with E-state index in [2.05, 4.69) is 6.92 Å². The summed E-state index contributed by atoms with van der Waals surface area (Å²) in [5.41, 5.74) is -0.529. The Hall–Kier alpha value is -1.46. The SMILES string of the molecule is CCCC[C@@H](COC(=O)N(CC1CC1)CC1CC1)N(C(=O)O)C(C)(C)C. The Morgan fingerprint density at radius 1 is 1.12 bits per heavy atom. The van der Waals surface area contributed by atoms with Crippen molar-refractivity contribution >= 4 is 12.2 Å². The molecule has 0 bridgehead atoms. The molecule has 2 aliphatic rings. The van der Waals surface area contributed by atoms with Crippen LogP contribution in [0.3, 0.4) is 0 Å². The quantitative estimate of drug-likeness (QED) is 0.612. The van der Waals surface area contributed by atoms with Crippen molar-refractivity contribution in [2.45, 2.75) is 84.2 Å². The first-order valence-electron chi connectivity index (χ1n) is 10.2. The predicted molar refractivity (Wildman–Crippen MR) is 101 cm³/mol. The minimum atomic E-state index is -0.956. The second-order valence-electron chi connectivity index (χ2n) is 8.99. The van der Waals surface area contributed by atoms with Crippen molar-refractivity contribution in [3.8, 4) is 0 Å². The second-order valence-corrected chi connectivity index (χ2v) is 8.99. The lowest BCUT2D eigenvalue weighted by atomic mass is 10.0. The van der Waals surface area contributed by atoms with E-state index < -0.39 is 11.6 Å². The summed E-state index contributed by atoms with van der Waals surface area (Å²) in [7, 11) is 0. The zero-order valence-corrected chi connectivity index (χ0v) is 16.9. The Morgan fingerprint density at radius 3 is 2.04 bits per heavy atom. The van der Waals surface area contributed by atoms with Crippen LogP contribution in [0.15, 0.2) is 0 Å². The average Bonchev–Trinajstić information content (AvgIpc) is 3.42. The van der Waals surface area contributed by atoms with E-state index >= 15 is 0 Å². The Labute approximate surface area is 157 Å². The maximum absolute atomic E-state index is 12.6. The van der Waals surface area contributed by atoms with E-state index in [4.69, 9.17) is 4.74 Å². The van der Waals surface area contributed by atoms with Crippen LogP contribution in [-0.4, -0.2) is 58.4 Å². The summed E-state index contributed by atoms with van der Waals surface area (Å²) in [5.74, 6) is 1.25. The van der Waals surface area contributed by atoms with Gasteiger partial charge in [-0.15, -0.1) is 0 Å². The van der Waals surface area contributed by atoms with Crippen molar-refractivity contribution in [3.05, 3.63) is 0 Å². The van der Waals surface area contributed by atoms with E-state index in [1.807, 2.05) is 25.7 Å². The number of carbonyl (C=O) groups is 2. The van der Waals surface area contributed by atoms with E-state index in [-0.39, 0.29) is 18.7 Å². The molecule has 0 aromatic heterocycles. The molecule has 2 fully saturated rings. The molecule has 0 spiro atoms. The largest absolute Gasteiger partial charge is 0.465 e. The Kier molecular flexibility index (Phi) is 7.18. The molecule has 0 aromatic carbocycles. The topological polar surface area (TPSA) is 70.1 Å². The maximum atomic E-state index is 12.6. The molecule has 0 radical (unpaired) electrons. The number of rotatable bonds is 10. The number of ether oxygens (including phenoxy) is 1. The summed E-state index contributed by atoms with van der Waals surface area (Å²) >= 11 is 0. The van der Waals surface area contributed by atoms with Gasteiger partial charge in [-0.2, -0.15) is 0 Å². The van der Waals surface area contributed by atoms with E-state index in [0.717, 1.165) is 25.9 Å². The molecule has 2 amide bonds. The molecule has 0 unspecified atom stereocenters.